The fourth-order valence-electron chi connectivity index (χ4n) is 1.96. The zero-order chi connectivity index (χ0) is 12.7. The minimum absolute atomic E-state index is 0.467. The molecule has 0 spiro atoms. The summed E-state index contributed by atoms with van der Waals surface area (Å²) in [5, 5.41) is 19.9. The standard InChI is InChI=1S/C10H17FN2O3S/c1-4(14)8-7(15)5(11)6-9(16-8)17-10(12-6)13(2)3/h4-9,14-15H,1-3H3/t4-,5+,6-,7?,8-,9-/m1/s1. The molecule has 2 N–H and O–H groups in total. The van der Waals surface area contributed by atoms with Gasteiger partial charge in [0, 0.05) is 14.1 Å². The maximum Gasteiger partial charge on any atom is 0.161 e. The molecule has 1 unspecified atom stereocenters. The highest BCUT2D eigenvalue weighted by Gasteiger charge is 2.50. The van der Waals surface area contributed by atoms with Crippen LogP contribution in [0.3, 0.4) is 0 Å². The molecule has 0 amide bonds. The van der Waals surface area contributed by atoms with Crippen molar-refractivity contribution in [1.82, 2.24) is 4.90 Å². The first-order valence-corrected chi connectivity index (χ1v) is 6.37. The average molecular weight is 264 g/mol. The minimum Gasteiger partial charge on any atom is -0.391 e. The molecule has 17 heavy (non-hydrogen) atoms. The number of amidine groups is 1. The number of rotatable bonds is 1. The Hall–Kier alpha value is -0.370. The van der Waals surface area contributed by atoms with Crippen LogP contribution in [0.25, 0.3) is 0 Å². The number of halogens is 1. The van der Waals surface area contributed by atoms with Gasteiger partial charge in [-0.3, -0.25) is 4.99 Å². The topological polar surface area (TPSA) is 65.3 Å². The van der Waals surface area contributed by atoms with Gasteiger partial charge in [-0.05, 0) is 6.92 Å². The average Bonchev–Trinajstić information content (AvgIpc) is 2.67. The predicted octanol–water partition coefficient (Wildman–Crippen LogP) is -0.176. The van der Waals surface area contributed by atoms with Gasteiger partial charge in [0.25, 0.3) is 0 Å². The molecular weight excluding hydrogens is 247 g/mol. The van der Waals surface area contributed by atoms with Gasteiger partial charge < -0.3 is 19.8 Å². The second-order valence-corrected chi connectivity index (χ2v) is 5.62. The molecular formula is C10H17FN2O3S. The molecule has 1 fully saturated rings. The molecule has 0 bridgehead atoms. The predicted molar refractivity (Wildman–Crippen MR) is 63.7 cm³/mol. The van der Waals surface area contributed by atoms with E-state index in [0.29, 0.717) is 5.17 Å². The lowest BCUT2D eigenvalue weighted by Crippen LogP contribution is -2.56. The maximum absolute atomic E-state index is 14.0. The van der Waals surface area contributed by atoms with Gasteiger partial charge in [0.05, 0.1) is 6.10 Å². The molecule has 7 heteroatoms. The number of aliphatic hydroxyl groups excluding tert-OH is 2. The number of nitrogens with zero attached hydrogens (tertiary/aromatic N) is 2. The fourth-order valence-corrected chi connectivity index (χ4v) is 3.10. The second kappa shape index (κ2) is 4.72. The molecule has 6 atom stereocenters. The first-order valence-electron chi connectivity index (χ1n) is 5.49. The number of thioether (sulfide) groups is 1. The van der Waals surface area contributed by atoms with Gasteiger partial charge >= 0.3 is 0 Å². The van der Waals surface area contributed by atoms with E-state index >= 15 is 0 Å². The Morgan fingerprint density at radius 1 is 1.53 bits per heavy atom. The normalized spacial score (nSPS) is 42.9. The van der Waals surface area contributed by atoms with Gasteiger partial charge in [-0.25, -0.2) is 4.39 Å². The summed E-state index contributed by atoms with van der Waals surface area (Å²) in [6, 6.07) is -0.692. The van der Waals surface area contributed by atoms with E-state index in [0.717, 1.165) is 0 Å². The van der Waals surface area contributed by atoms with E-state index < -0.39 is 36.0 Å². The Kier molecular flexibility index (Phi) is 3.63. The van der Waals surface area contributed by atoms with E-state index in [1.165, 1.54) is 18.7 Å². The lowest BCUT2D eigenvalue weighted by Gasteiger charge is -2.38. The largest absolute Gasteiger partial charge is 0.391 e. The van der Waals surface area contributed by atoms with Gasteiger partial charge in [0.15, 0.2) is 11.3 Å². The van der Waals surface area contributed by atoms with Crippen LogP contribution in [0.15, 0.2) is 4.99 Å². The number of aliphatic hydroxyl groups is 2. The van der Waals surface area contributed by atoms with Crippen molar-refractivity contribution in [3.05, 3.63) is 0 Å². The quantitative estimate of drug-likeness (QED) is 0.688. The zero-order valence-corrected chi connectivity index (χ0v) is 10.8. The number of alkyl halides is 1. The van der Waals surface area contributed by atoms with Crippen molar-refractivity contribution in [2.45, 2.75) is 42.9 Å². The summed E-state index contributed by atoms with van der Waals surface area (Å²) in [6.45, 7) is 1.48. The van der Waals surface area contributed by atoms with Gasteiger partial charge in [-0.1, -0.05) is 11.8 Å². The summed E-state index contributed by atoms with van der Waals surface area (Å²) in [5.74, 6) is 0. The lowest BCUT2D eigenvalue weighted by molar-refractivity contribution is -0.165. The Bertz CT molecular complexity index is 327. The molecule has 2 heterocycles. The number of aliphatic imine (C=N–C) groups is 1. The molecule has 2 rings (SSSR count). The minimum atomic E-state index is -1.50. The maximum atomic E-state index is 14.0. The highest BCUT2D eigenvalue weighted by atomic mass is 32.2. The number of hydrogen-bond donors (Lipinski definition) is 2. The fraction of sp³-hybridized carbons (Fsp3) is 0.900. The first-order chi connectivity index (χ1) is 7.91. The van der Waals surface area contributed by atoms with Gasteiger partial charge in [-0.2, -0.15) is 0 Å². The van der Waals surface area contributed by atoms with E-state index in [1.807, 2.05) is 14.1 Å². The van der Waals surface area contributed by atoms with E-state index in [4.69, 9.17) is 4.74 Å². The molecule has 0 saturated carbocycles. The van der Waals surface area contributed by atoms with Crippen LogP contribution in [0.2, 0.25) is 0 Å². The van der Waals surface area contributed by atoms with Crippen LogP contribution < -0.4 is 0 Å². The number of hydrogen-bond acceptors (Lipinski definition) is 6. The molecule has 0 aliphatic carbocycles. The van der Waals surface area contributed by atoms with Crippen LogP contribution in [-0.4, -0.2) is 70.3 Å². The van der Waals surface area contributed by atoms with Crippen LogP contribution >= 0.6 is 11.8 Å². The summed E-state index contributed by atoms with van der Waals surface area (Å²) in [6.07, 6.45) is -4.64. The highest BCUT2D eigenvalue weighted by molar-refractivity contribution is 8.14. The molecule has 1 saturated heterocycles. The molecule has 2 aliphatic heterocycles. The molecule has 0 aromatic heterocycles. The molecule has 98 valence electrons. The van der Waals surface area contributed by atoms with Crippen LogP contribution in [0.5, 0.6) is 0 Å². The van der Waals surface area contributed by atoms with E-state index in [1.54, 1.807) is 4.90 Å². The smallest absolute Gasteiger partial charge is 0.161 e. The van der Waals surface area contributed by atoms with E-state index in [-0.39, 0.29) is 0 Å². The molecule has 2 aliphatic rings. The van der Waals surface area contributed by atoms with Crippen molar-refractivity contribution in [3.8, 4) is 0 Å². The summed E-state index contributed by atoms with van der Waals surface area (Å²) in [5.41, 5.74) is -0.467. The molecule has 5 nitrogen and oxygen atoms in total. The lowest BCUT2D eigenvalue weighted by atomic mass is 9.97. The van der Waals surface area contributed by atoms with Gasteiger partial charge in [-0.15, -0.1) is 0 Å². The summed E-state index contributed by atoms with van der Waals surface area (Å²) in [7, 11) is 3.64. The Morgan fingerprint density at radius 3 is 2.71 bits per heavy atom. The van der Waals surface area contributed by atoms with Crippen molar-refractivity contribution in [1.29, 1.82) is 0 Å². The first kappa shape index (κ1) is 13.1. The third-order valence-corrected chi connectivity index (χ3v) is 4.20. The third kappa shape index (κ3) is 2.29. The monoisotopic (exact) mass is 264 g/mol. The Morgan fingerprint density at radius 2 is 2.18 bits per heavy atom. The summed E-state index contributed by atoms with van der Waals surface area (Å²) in [4.78, 5) is 5.98. The SMILES string of the molecule is C[C@@H](O)[C@H]1O[C@@H]2SC(N(C)C)=N[C@@H]2[C@H](F)C1O. The summed E-state index contributed by atoms with van der Waals surface area (Å²) >= 11 is 1.32. The van der Waals surface area contributed by atoms with E-state index in [9.17, 15) is 14.6 Å². The third-order valence-electron chi connectivity index (χ3n) is 2.90. The highest BCUT2D eigenvalue weighted by Crippen LogP contribution is 2.38. The second-order valence-electron chi connectivity index (χ2n) is 4.56. The van der Waals surface area contributed by atoms with Gasteiger partial charge in [0.1, 0.15) is 23.7 Å². The van der Waals surface area contributed by atoms with Gasteiger partial charge in [0.2, 0.25) is 0 Å². The van der Waals surface area contributed by atoms with Crippen molar-refractivity contribution < 1.29 is 19.3 Å². The molecule has 0 aromatic carbocycles. The number of fused-ring (bicyclic) bond motifs is 1. The van der Waals surface area contributed by atoms with Crippen molar-refractivity contribution >= 4 is 16.9 Å². The van der Waals surface area contributed by atoms with Crippen molar-refractivity contribution in [2.75, 3.05) is 14.1 Å². The van der Waals surface area contributed by atoms with Crippen LogP contribution in [0, 0.1) is 0 Å². The van der Waals surface area contributed by atoms with Crippen molar-refractivity contribution in [3.63, 3.8) is 0 Å². The van der Waals surface area contributed by atoms with Crippen LogP contribution in [0.4, 0.5) is 4.39 Å². The summed E-state index contributed by atoms with van der Waals surface area (Å²) < 4.78 is 19.5. The number of ether oxygens (including phenoxy) is 1. The van der Waals surface area contributed by atoms with Crippen molar-refractivity contribution in [2.24, 2.45) is 4.99 Å². The Balaban J connectivity index is 2.15. The van der Waals surface area contributed by atoms with E-state index in [2.05, 4.69) is 4.99 Å². The van der Waals surface area contributed by atoms with Crippen LogP contribution in [-0.2, 0) is 4.74 Å². The molecule has 0 radical (unpaired) electrons. The zero-order valence-electron chi connectivity index (χ0n) is 9.95. The van der Waals surface area contributed by atoms with Crippen LogP contribution in [0.1, 0.15) is 6.92 Å². The Labute approximate surface area is 104 Å². The molecule has 0 aromatic rings.